The van der Waals surface area contributed by atoms with Crippen LogP contribution in [-0.2, 0) is 6.42 Å². The highest BCUT2D eigenvalue weighted by Gasteiger charge is 2.22. The molecule has 0 bridgehead atoms. The summed E-state index contributed by atoms with van der Waals surface area (Å²) in [5.74, 6) is 0.700. The lowest BCUT2D eigenvalue weighted by atomic mass is 9.95. The molecule has 1 nitrogen and oxygen atoms in total. The first-order valence-corrected chi connectivity index (χ1v) is 5.48. The van der Waals surface area contributed by atoms with Crippen molar-refractivity contribution in [2.75, 3.05) is 0 Å². The van der Waals surface area contributed by atoms with Crippen LogP contribution in [0.3, 0.4) is 0 Å². The number of aliphatic hydroxyl groups is 1. The summed E-state index contributed by atoms with van der Waals surface area (Å²) in [6.45, 7) is 2.17. The van der Waals surface area contributed by atoms with E-state index in [4.69, 9.17) is 0 Å². The fraction of sp³-hybridized carbons (Fsp3) is 0.538. The smallest absolute Gasteiger partial charge is 0.0543 e. The molecule has 0 aliphatic heterocycles. The van der Waals surface area contributed by atoms with Crippen molar-refractivity contribution in [2.45, 2.75) is 38.7 Å². The number of rotatable bonds is 2. The first-order chi connectivity index (χ1) is 6.75. The van der Waals surface area contributed by atoms with Gasteiger partial charge in [-0.2, -0.15) is 0 Å². The average molecular weight is 190 g/mol. The molecule has 2 rings (SSSR count). The molecular formula is C13H18O. The Morgan fingerprint density at radius 3 is 2.71 bits per heavy atom. The predicted molar refractivity (Wildman–Crippen MR) is 58.2 cm³/mol. The Morgan fingerprint density at radius 2 is 2.07 bits per heavy atom. The molecule has 2 unspecified atom stereocenters. The second-order valence-corrected chi connectivity index (χ2v) is 4.46. The van der Waals surface area contributed by atoms with Gasteiger partial charge in [0.15, 0.2) is 0 Å². The zero-order chi connectivity index (χ0) is 9.97. The van der Waals surface area contributed by atoms with Crippen LogP contribution < -0.4 is 0 Å². The molecule has 14 heavy (non-hydrogen) atoms. The van der Waals surface area contributed by atoms with Gasteiger partial charge in [-0.15, -0.1) is 0 Å². The van der Waals surface area contributed by atoms with E-state index in [1.807, 2.05) is 0 Å². The Labute approximate surface area is 85.8 Å². The quantitative estimate of drug-likeness (QED) is 0.760. The number of benzene rings is 1. The predicted octanol–water partition coefficient (Wildman–Crippen LogP) is 2.70. The van der Waals surface area contributed by atoms with Gasteiger partial charge in [-0.1, -0.05) is 24.3 Å². The standard InChI is InChI=1S/C13H18O/c1-10-4-2-3-5-12(10)8-11-6-7-13(14)9-11/h2-5,11,13-14H,6-9H2,1H3. The fourth-order valence-corrected chi connectivity index (χ4v) is 2.38. The summed E-state index contributed by atoms with van der Waals surface area (Å²) < 4.78 is 0. The van der Waals surface area contributed by atoms with E-state index in [-0.39, 0.29) is 6.10 Å². The largest absolute Gasteiger partial charge is 0.393 e. The molecule has 0 saturated heterocycles. The maximum absolute atomic E-state index is 9.45. The summed E-state index contributed by atoms with van der Waals surface area (Å²) in [7, 11) is 0. The first kappa shape index (κ1) is 9.72. The van der Waals surface area contributed by atoms with Gasteiger partial charge in [-0.25, -0.2) is 0 Å². The monoisotopic (exact) mass is 190 g/mol. The summed E-state index contributed by atoms with van der Waals surface area (Å²) in [5.41, 5.74) is 2.83. The van der Waals surface area contributed by atoms with Crippen LogP contribution in [0.4, 0.5) is 0 Å². The van der Waals surface area contributed by atoms with Gasteiger partial charge in [0, 0.05) is 0 Å². The second kappa shape index (κ2) is 4.14. The zero-order valence-electron chi connectivity index (χ0n) is 8.74. The van der Waals surface area contributed by atoms with Crippen LogP contribution in [0.1, 0.15) is 30.4 Å². The van der Waals surface area contributed by atoms with E-state index in [9.17, 15) is 5.11 Å². The van der Waals surface area contributed by atoms with Crippen LogP contribution in [0, 0.1) is 12.8 Å². The minimum atomic E-state index is -0.0379. The van der Waals surface area contributed by atoms with Crippen molar-refractivity contribution in [1.29, 1.82) is 0 Å². The third-order valence-electron chi connectivity index (χ3n) is 3.28. The van der Waals surface area contributed by atoms with E-state index in [1.54, 1.807) is 0 Å². The molecule has 0 amide bonds. The molecule has 1 aromatic rings. The molecule has 1 fully saturated rings. The van der Waals surface area contributed by atoms with Gasteiger partial charge < -0.3 is 5.11 Å². The Morgan fingerprint density at radius 1 is 1.29 bits per heavy atom. The molecule has 0 spiro atoms. The third-order valence-corrected chi connectivity index (χ3v) is 3.28. The topological polar surface area (TPSA) is 20.2 Å². The molecule has 76 valence electrons. The van der Waals surface area contributed by atoms with Gasteiger partial charge in [-0.05, 0) is 49.7 Å². The van der Waals surface area contributed by atoms with Crippen LogP contribution >= 0.6 is 0 Å². The Balaban J connectivity index is 2.01. The molecule has 1 saturated carbocycles. The molecule has 2 atom stereocenters. The third kappa shape index (κ3) is 2.16. The number of hydrogen-bond donors (Lipinski definition) is 1. The van der Waals surface area contributed by atoms with Gasteiger partial charge in [-0.3, -0.25) is 0 Å². The van der Waals surface area contributed by atoms with Crippen molar-refractivity contribution in [3.8, 4) is 0 Å². The Hall–Kier alpha value is -0.820. The van der Waals surface area contributed by atoms with Gasteiger partial charge in [0.25, 0.3) is 0 Å². The minimum Gasteiger partial charge on any atom is -0.393 e. The van der Waals surface area contributed by atoms with Crippen molar-refractivity contribution >= 4 is 0 Å². The molecular weight excluding hydrogens is 172 g/mol. The summed E-state index contributed by atoms with van der Waals surface area (Å²) in [5, 5.41) is 9.45. The van der Waals surface area contributed by atoms with E-state index in [1.165, 1.54) is 17.5 Å². The van der Waals surface area contributed by atoms with Crippen molar-refractivity contribution in [2.24, 2.45) is 5.92 Å². The van der Waals surface area contributed by atoms with Gasteiger partial charge in [0.1, 0.15) is 0 Å². The molecule has 0 aromatic heterocycles. The van der Waals surface area contributed by atoms with E-state index >= 15 is 0 Å². The van der Waals surface area contributed by atoms with Crippen LogP contribution in [0.15, 0.2) is 24.3 Å². The van der Waals surface area contributed by atoms with Gasteiger partial charge in [0.05, 0.1) is 6.10 Å². The normalized spacial score (nSPS) is 26.7. The molecule has 1 aromatic carbocycles. The number of hydrogen-bond acceptors (Lipinski definition) is 1. The zero-order valence-corrected chi connectivity index (χ0v) is 8.74. The van der Waals surface area contributed by atoms with Crippen LogP contribution in [0.5, 0.6) is 0 Å². The van der Waals surface area contributed by atoms with Gasteiger partial charge in [0.2, 0.25) is 0 Å². The maximum atomic E-state index is 9.45. The average Bonchev–Trinajstić information content (AvgIpc) is 2.56. The van der Waals surface area contributed by atoms with E-state index < -0.39 is 0 Å². The molecule has 1 heteroatoms. The van der Waals surface area contributed by atoms with Crippen molar-refractivity contribution in [3.63, 3.8) is 0 Å². The lowest BCUT2D eigenvalue weighted by Gasteiger charge is -2.11. The van der Waals surface area contributed by atoms with Crippen molar-refractivity contribution < 1.29 is 5.11 Å². The van der Waals surface area contributed by atoms with Crippen LogP contribution in [0.25, 0.3) is 0 Å². The Bertz CT molecular complexity index is 306. The molecule has 0 radical (unpaired) electrons. The lowest BCUT2D eigenvalue weighted by molar-refractivity contribution is 0.177. The first-order valence-electron chi connectivity index (χ1n) is 5.48. The molecule has 1 aliphatic rings. The van der Waals surface area contributed by atoms with Crippen molar-refractivity contribution in [3.05, 3.63) is 35.4 Å². The summed E-state index contributed by atoms with van der Waals surface area (Å²) in [6.07, 6.45) is 4.29. The highest BCUT2D eigenvalue weighted by Crippen LogP contribution is 2.29. The van der Waals surface area contributed by atoms with Crippen molar-refractivity contribution in [1.82, 2.24) is 0 Å². The number of aliphatic hydroxyl groups excluding tert-OH is 1. The highest BCUT2D eigenvalue weighted by atomic mass is 16.3. The van der Waals surface area contributed by atoms with Gasteiger partial charge >= 0.3 is 0 Å². The highest BCUT2D eigenvalue weighted by molar-refractivity contribution is 5.26. The van der Waals surface area contributed by atoms with Crippen LogP contribution in [0.2, 0.25) is 0 Å². The Kier molecular flexibility index (Phi) is 2.87. The van der Waals surface area contributed by atoms with E-state index in [0.29, 0.717) is 5.92 Å². The summed E-state index contributed by atoms with van der Waals surface area (Å²) in [6, 6.07) is 8.57. The second-order valence-electron chi connectivity index (χ2n) is 4.46. The maximum Gasteiger partial charge on any atom is 0.0543 e. The summed E-state index contributed by atoms with van der Waals surface area (Å²) in [4.78, 5) is 0. The SMILES string of the molecule is Cc1ccccc1CC1CCC(O)C1. The van der Waals surface area contributed by atoms with Crippen LogP contribution in [-0.4, -0.2) is 11.2 Å². The molecule has 1 aliphatic carbocycles. The molecule has 1 N–H and O–H groups in total. The van der Waals surface area contributed by atoms with E-state index in [2.05, 4.69) is 31.2 Å². The molecule has 0 heterocycles. The summed E-state index contributed by atoms with van der Waals surface area (Å²) >= 11 is 0. The number of aryl methyl sites for hydroxylation is 1. The van der Waals surface area contributed by atoms with E-state index in [0.717, 1.165) is 19.3 Å². The lowest BCUT2D eigenvalue weighted by Crippen LogP contribution is -2.04. The minimum absolute atomic E-state index is 0.0379. The fourth-order valence-electron chi connectivity index (χ4n) is 2.38.